The first-order chi connectivity index (χ1) is 47.4. The number of fused-ring (bicyclic) bond motifs is 2. The van der Waals surface area contributed by atoms with Gasteiger partial charge >= 0.3 is 6.18 Å². The molecule has 4 fully saturated rings. The molecule has 10 atom stereocenters. The third-order valence-corrected chi connectivity index (χ3v) is 21.2. The number of amides is 12. The number of hydrogen-bond acceptors (Lipinski definition) is 12. The molecule has 4 aliphatic rings. The lowest BCUT2D eigenvalue weighted by Crippen LogP contribution is -2.65. The highest BCUT2D eigenvalue weighted by molar-refractivity contribution is 6.31. The molecule has 4 N–H and O–H groups in total. The molecular formula is C72H105Cl2F3N12O12. The molecular weight excluding hydrogens is 1350 g/mol. The van der Waals surface area contributed by atoms with E-state index in [9.17, 15) is 61.1 Å². The van der Waals surface area contributed by atoms with Crippen LogP contribution < -0.4 is 21.3 Å². The van der Waals surface area contributed by atoms with Gasteiger partial charge in [-0.3, -0.25) is 57.5 Å². The largest absolute Gasteiger partial charge is 0.417 e. The zero-order valence-corrected chi connectivity index (χ0v) is 62.3. The van der Waals surface area contributed by atoms with Gasteiger partial charge in [0.15, 0.2) is 0 Å². The van der Waals surface area contributed by atoms with Crippen LogP contribution in [-0.4, -0.2) is 238 Å². The van der Waals surface area contributed by atoms with E-state index >= 15 is 9.59 Å². The Kier molecular flexibility index (Phi) is 29.8. The van der Waals surface area contributed by atoms with Gasteiger partial charge in [-0.2, -0.15) is 13.2 Å². The molecule has 0 aromatic heterocycles. The zero-order chi connectivity index (χ0) is 75.1. The number of rotatable bonds is 14. The molecule has 6 rings (SSSR count). The molecule has 0 spiro atoms. The number of likely N-dealkylation sites (N-methyl/N-ethyl adjacent to an activating group) is 5. The number of nitrogens with zero attached hydrogens (tertiary/aromatic N) is 8. The third kappa shape index (κ3) is 21.3. The Morgan fingerprint density at radius 2 is 1.29 bits per heavy atom. The number of aryl methyl sites for hydroxylation is 1. The van der Waals surface area contributed by atoms with Crippen LogP contribution in [0.1, 0.15) is 168 Å². The molecule has 0 saturated carbocycles. The van der Waals surface area contributed by atoms with E-state index in [1.165, 1.54) is 86.6 Å². The molecule has 2 aromatic carbocycles. The Morgan fingerprint density at radius 1 is 0.644 bits per heavy atom. The average molecular weight is 1460 g/mol. The predicted molar refractivity (Wildman–Crippen MR) is 375 cm³/mol. The van der Waals surface area contributed by atoms with Gasteiger partial charge in [-0.05, 0) is 139 Å². The van der Waals surface area contributed by atoms with Crippen LogP contribution in [0.15, 0.2) is 42.5 Å². The van der Waals surface area contributed by atoms with Crippen molar-refractivity contribution >= 4 is 94.1 Å². The first-order valence-corrected chi connectivity index (χ1v) is 36.2. The predicted octanol–water partition coefficient (Wildman–Crippen LogP) is 6.39. The van der Waals surface area contributed by atoms with Crippen molar-refractivity contribution in [1.82, 2.24) is 60.5 Å². The minimum atomic E-state index is -4.78. The van der Waals surface area contributed by atoms with Gasteiger partial charge < -0.3 is 60.5 Å². The summed E-state index contributed by atoms with van der Waals surface area (Å²) < 4.78 is 41.5. The fourth-order valence-electron chi connectivity index (χ4n) is 13.3. The van der Waals surface area contributed by atoms with E-state index < -0.39 is 161 Å². The number of unbranched alkanes of at least 4 members (excludes halogenated alkanes) is 1. The van der Waals surface area contributed by atoms with Crippen LogP contribution in [-0.2, 0) is 76.6 Å². The lowest BCUT2D eigenvalue weighted by Gasteiger charge is -2.45. The second-order valence-corrected chi connectivity index (χ2v) is 29.5. The Bertz CT molecular complexity index is 3320. The number of piperidine rings is 2. The van der Waals surface area contributed by atoms with Crippen LogP contribution >= 0.6 is 23.2 Å². The minimum absolute atomic E-state index is 0.0241. The molecule has 0 bridgehead atoms. The topological polar surface area (TPSA) is 279 Å². The zero-order valence-electron chi connectivity index (χ0n) is 60.8. The van der Waals surface area contributed by atoms with Gasteiger partial charge in [-0.25, -0.2) is 0 Å². The quantitative estimate of drug-likeness (QED) is 0.160. The smallest absolute Gasteiger partial charge is 0.343 e. The van der Waals surface area contributed by atoms with Crippen molar-refractivity contribution in [3.63, 3.8) is 0 Å². The van der Waals surface area contributed by atoms with Crippen molar-refractivity contribution in [2.45, 2.75) is 231 Å². The van der Waals surface area contributed by atoms with Crippen LogP contribution in [0.2, 0.25) is 10.0 Å². The normalized spacial score (nSPS) is 25.8. The molecule has 2 aromatic rings. The maximum atomic E-state index is 15.2. The molecule has 29 heteroatoms. The van der Waals surface area contributed by atoms with E-state index in [-0.39, 0.29) is 81.8 Å². The highest BCUT2D eigenvalue weighted by Gasteiger charge is 2.47. The maximum absolute atomic E-state index is 15.2. The molecule has 560 valence electrons. The summed E-state index contributed by atoms with van der Waals surface area (Å²) >= 11 is 12.4. The van der Waals surface area contributed by atoms with Crippen LogP contribution in [0.4, 0.5) is 13.2 Å². The van der Waals surface area contributed by atoms with Crippen molar-refractivity contribution in [2.24, 2.45) is 11.8 Å². The summed E-state index contributed by atoms with van der Waals surface area (Å²) in [5, 5.41) is 11.0. The second-order valence-electron chi connectivity index (χ2n) is 28.7. The van der Waals surface area contributed by atoms with Crippen LogP contribution in [0, 0.1) is 11.8 Å². The molecule has 0 unspecified atom stereocenters. The maximum Gasteiger partial charge on any atom is 0.417 e. The monoisotopic (exact) mass is 1460 g/mol. The van der Waals surface area contributed by atoms with Crippen molar-refractivity contribution in [1.29, 1.82) is 0 Å². The summed E-state index contributed by atoms with van der Waals surface area (Å²) in [4.78, 5) is 188. The lowest BCUT2D eigenvalue weighted by molar-refractivity contribution is -0.160. The van der Waals surface area contributed by atoms with E-state index in [4.69, 9.17) is 23.2 Å². The molecule has 101 heavy (non-hydrogen) atoms. The fraction of sp³-hybridized carbons (Fsp3) is 0.667. The van der Waals surface area contributed by atoms with E-state index in [2.05, 4.69) is 21.3 Å². The van der Waals surface area contributed by atoms with Gasteiger partial charge in [0.2, 0.25) is 70.9 Å². The number of likely N-dealkylation sites (tertiary alicyclic amines) is 1. The van der Waals surface area contributed by atoms with E-state index in [0.717, 1.165) is 41.2 Å². The van der Waals surface area contributed by atoms with Crippen molar-refractivity contribution in [3.8, 4) is 0 Å². The number of hydrogen-bond donors (Lipinski definition) is 4. The first kappa shape index (κ1) is 82.4. The number of alkyl halides is 3. The van der Waals surface area contributed by atoms with Gasteiger partial charge in [0.25, 0.3) is 0 Å². The van der Waals surface area contributed by atoms with Gasteiger partial charge in [0.05, 0.1) is 17.1 Å². The summed E-state index contributed by atoms with van der Waals surface area (Å²) in [6, 6.07) is -1.60. The molecule has 0 aliphatic carbocycles. The Balaban J connectivity index is 1.43. The van der Waals surface area contributed by atoms with Crippen molar-refractivity contribution < 1.29 is 70.7 Å². The van der Waals surface area contributed by atoms with Crippen LogP contribution in [0.25, 0.3) is 0 Å². The lowest BCUT2D eigenvalue weighted by atomic mass is 9.94. The molecule has 24 nitrogen and oxygen atoms in total. The van der Waals surface area contributed by atoms with Crippen LogP contribution in [0.5, 0.6) is 0 Å². The summed E-state index contributed by atoms with van der Waals surface area (Å²) in [5.41, 5.74) is -2.05. The number of nitrogens with one attached hydrogen (secondary N) is 4. The molecule has 12 amide bonds. The highest BCUT2D eigenvalue weighted by atomic mass is 35.5. The highest BCUT2D eigenvalue weighted by Crippen LogP contribution is 2.36. The Labute approximate surface area is 602 Å². The van der Waals surface area contributed by atoms with Gasteiger partial charge in [-0.1, -0.05) is 95.3 Å². The standard InChI is InChI=1S/C72H105Cl2F3N12O12/c1-14-16-22-53-66(97)86(13)71(7,8)70(101)80-54(37-43(3)4)65(96)84(11)49(40-59(91)87-33-19-17-20-34-87)41-60(92)88-35-21-18-23-55(88)63(94)81-61(44(5)15-2)69(100)83(10)45(6)64(95)89-36-32-56(89)68(99)85(12)57(39-47-24-28-48(73)29-25-47)67(98)82(9)42-58(90)78-52(62(93)79-53)31-27-46-26-30-50(51(74)38-46)72(75,76)77/h24-26,28-30,38,43-45,49,52-57,61H,14-23,27,31-37,39-42H2,1-13H3,(H,78,90)(H,79,93)(H,80,101)(H,81,94)/t44-,45-,49+,52-,53-,54-,55-,56-,57-,61-/m0/s1. The molecule has 4 saturated heterocycles. The summed E-state index contributed by atoms with van der Waals surface area (Å²) in [5.74, 6) is -8.75. The Hall–Kier alpha value is -7.55. The van der Waals surface area contributed by atoms with E-state index in [1.807, 2.05) is 27.7 Å². The van der Waals surface area contributed by atoms with E-state index in [1.54, 1.807) is 36.1 Å². The average Bonchev–Trinajstić information content (AvgIpc) is 0.813. The SMILES string of the molecule is CCCC[C@@H]1NC(=O)[C@H](CCc2ccc(C(F)(F)F)c(Cl)c2)NC(=O)CN(C)C(=O)[C@H](Cc2ccc(Cl)cc2)N(C)C(=O)[C@@H]2CCN2C(=O)[C@H](C)N(C)C(=O)[C@H]([C@@H](C)CC)NC(=O)[C@@H]2CCCCN2C(=O)C[C@@H](CC(=O)N2CCCCC2)N(C)C(=O)[C@H](CC(C)C)NC(=O)C(C)(C)N(C)C1=O. The van der Waals surface area contributed by atoms with Gasteiger partial charge in [0, 0.05) is 91.7 Å². The van der Waals surface area contributed by atoms with E-state index in [0.29, 0.717) is 55.8 Å². The minimum Gasteiger partial charge on any atom is -0.343 e. The van der Waals surface area contributed by atoms with Gasteiger partial charge in [-0.15, -0.1) is 0 Å². The molecule has 4 heterocycles. The third-order valence-electron chi connectivity index (χ3n) is 20.6. The van der Waals surface area contributed by atoms with Crippen molar-refractivity contribution in [2.75, 3.05) is 68.0 Å². The van der Waals surface area contributed by atoms with Crippen molar-refractivity contribution in [3.05, 3.63) is 69.2 Å². The summed E-state index contributed by atoms with van der Waals surface area (Å²) in [6.07, 6.45) is -0.661. The summed E-state index contributed by atoms with van der Waals surface area (Å²) in [7, 11) is 6.92. The molecule has 4 aliphatic heterocycles. The summed E-state index contributed by atoms with van der Waals surface area (Å²) in [6.45, 7) is 14.0. The first-order valence-electron chi connectivity index (χ1n) is 35.4. The fourth-order valence-corrected chi connectivity index (χ4v) is 13.7. The van der Waals surface area contributed by atoms with Gasteiger partial charge in [0.1, 0.15) is 53.9 Å². The Morgan fingerprint density at radius 3 is 1.88 bits per heavy atom. The molecule has 0 radical (unpaired) electrons. The number of carbonyl (C=O) groups excluding carboxylic acids is 12. The number of carbonyl (C=O) groups is 12. The second kappa shape index (κ2) is 36.5. The number of benzene rings is 2. The number of halogens is 5. The van der Waals surface area contributed by atoms with Crippen LogP contribution in [0.3, 0.4) is 0 Å².